The largest absolute Gasteiger partial charge is 0.309 e. The summed E-state index contributed by atoms with van der Waals surface area (Å²) in [5, 5.41) is 3.52. The van der Waals surface area contributed by atoms with E-state index in [1.165, 1.54) is 27.5 Å². The molecule has 0 fully saturated rings. The van der Waals surface area contributed by atoms with E-state index < -0.39 is 0 Å². The highest BCUT2D eigenvalue weighted by atomic mass is 32.1. The molecule has 2 aromatic rings. The molecule has 0 aliphatic carbocycles. The van der Waals surface area contributed by atoms with Crippen LogP contribution in [0.3, 0.4) is 0 Å². The Morgan fingerprint density at radius 3 is 2.42 bits per heavy atom. The van der Waals surface area contributed by atoms with Gasteiger partial charge in [-0.1, -0.05) is 19.1 Å². The number of thiophene rings is 1. The molecule has 0 bridgehead atoms. The molecule has 3 heteroatoms. The van der Waals surface area contributed by atoms with Crippen molar-refractivity contribution in [2.75, 3.05) is 6.54 Å². The molecule has 0 spiro atoms. The molecule has 0 aliphatic rings. The van der Waals surface area contributed by atoms with Crippen molar-refractivity contribution in [1.82, 2.24) is 5.32 Å². The van der Waals surface area contributed by atoms with Gasteiger partial charge in [-0.15, -0.1) is 11.3 Å². The van der Waals surface area contributed by atoms with E-state index in [1.54, 1.807) is 0 Å². The van der Waals surface area contributed by atoms with Gasteiger partial charge in [0.05, 0.1) is 0 Å². The lowest BCUT2D eigenvalue weighted by Gasteiger charge is -2.16. The highest BCUT2D eigenvalue weighted by Crippen LogP contribution is 2.28. The summed E-state index contributed by atoms with van der Waals surface area (Å²) in [6.45, 7) is 7.35. The minimum Gasteiger partial charge on any atom is -0.309 e. The number of nitrogens with one attached hydrogen (secondary N) is 1. The molecule has 0 amide bonds. The standard InChI is InChI=1S/C16H20FNS/c1-4-18-15(16-9-11(2)12(3)19-16)10-13-5-7-14(17)8-6-13/h5-9,15,18H,4,10H2,1-3H3. The molecular weight excluding hydrogens is 257 g/mol. The average molecular weight is 277 g/mol. The number of aryl methyl sites for hydroxylation is 2. The number of likely N-dealkylation sites (N-methyl/N-ethyl adjacent to an activating group) is 1. The number of halogens is 1. The smallest absolute Gasteiger partial charge is 0.123 e. The fraction of sp³-hybridized carbons (Fsp3) is 0.375. The quantitative estimate of drug-likeness (QED) is 0.854. The first-order chi connectivity index (χ1) is 9.10. The van der Waals surface area contributed by atoms with Gasteiger partial charge in [-0.2, -0.15) is 0 Å². The van der Waals surface area contributed by atoms with Gasteiger partial charge in [0.1, 0.15) is 5.82 Å². The van der Waals surface area contributed by atoms with Gasteiger partial charge in [-0.25, -0.2) is 4.39 Å². The predicted molar refractivity (Wildman–Crippen MR) is 80.3 cm³/mol. The molecule has 1 N–H and O–H groups in total. The summed E-state index contributed by atoms with van der Waals surface area (Å²) >= 11 is 1.85. The second-order valence-corrected chi connectivity index (χ2v) is 6.12. The first-order valence-electron chi connectivity index (χ1n) is 6.65. The van der Waals surface area contributed by atoms with Crippen molar-refractivity contribution >= 4 is 11.3 Å². The van der Waals surface area contributed by atoms with Gasteiger partial charge in [-0.3, -0.25) is 0 Å². The van der Waals surface area contributed by atoms with E-state index in [0.29, 0.717) is 6.04 Å². The van der Waals surface area contributed by atoms with E-state index >= 15 is 0 Å². The molecule has 0 radical (unpaired) electrons. The Kier molecular flexibility index (Phi) is 4.72. The molecular formula is C16H20FNS. The van der Waals surface area contributed by atoms with Gasteiger partial charge >= 0.3 is 0 Å². The Bertz CT molecular complexity index is 511. The maximum Gasteiger partial charge on any atom is 0.123 e. The lowest BCUT2D eigenvalue weighted by atomic mass is 10.0. The topological polar surface area (TPSA) is 12.0 Å². The minimum atomic E-state index is -0.174. The Labute approximate surface area is 118 Å². The van der Waals surface area contributed by atoms with Crippen LogP contribution in [-0.2, 0) is 6.42 Å². The van der Waals surface area contributed by atoms with Crippen LogP contribution in [0, 0.1) is 19.7 Å². The van der Waals surface area contributed by atoms with Crippen molar-refractivity contribution in [3.63, 3.8) is 0 Å². The van der Waals surface area contributed by atoms with Gasteiger partial charge < -0.3 is 5.32 Å². The average Bonchev–Trinajstić information content (AvgIpc) is 2.72. The highest BCUT2D eigenvalue weighted by molar-refractivity contribution is 7.12. The van der Waals surface area contributed by atoms with Crippen LogP contribution >= 0.6 is 11.3 Å². The third-order valence-electron chi connectivity index (χ3n) is 3.33. The van der Waals surface area contributed by atoms with Crippen molar-refractivity contribution in [2.45, 2.75) is 33.2 Å². The number of benzene rings is 1. The van der Waals surface area contributed by atoms with Crippen LogP contribution in [-0.4, -0.2) is 6.54 Å². The Morgan fingerprint density at radius 2 is 1.89 bits per heavy atom. The zero-order chi connectivity index (χ0) is 13.8. The van der Waals surface area contributed by atoms with Gasteiger partial charge in [0.2, 0.25) is 0 Å². The number of rotatable bonds is 5. The van der Waals surface area contributed by atoms with Gasteiger partial charge in [0, 0.05) is 15.8 Å². The summed E-state index contributed by atoms with van der Waals surface area (Å²) in [5.41, 5.74) is 2.51. The van der Waals surface area contributed by atoms with Crippen LogP contribution in [0.25, 0.3) is 0 Å². The molecule has 19 heavy (non-hydrogen) atoms. The molecule has 2 rings (SSSR count). The summed E-state index contributed by atoms with van der Waals surface area (Å²) < 4.78 is 12.9. The van der Waals surface area contributed by atoms with Gasteiger partial charge in [-0.05, 0) is 56.1 Å². The van der Waals surface area contributed by atoms with E-state index in [4.69, 9.17) is 0 Å². The van der Waals surface area contributed by atoms with Crippen LogP contribution in [0.5, 0.6) is 0 Å². The number of hydrogen-bond donors (Lipinski definition) is 1. The molecule has 0 saturated heterocycles. The maximum absolute atomic E-state index is 12.9. The molecule has 1 aromatic carbocycles. The normalized spacial score (nSPS) is 12.6. The molecule has 0 saturated carbocycles. The van der Waals surface area contributed by atoms with E-state index in [1.807, 2.05) is 23.5 Å². The van der Waals surface area contributed by atoms with Crippen LogP contribution in [0.15, 0.2) is 30.3 Å². The van der Waals surface area contributed by atoms with Crippen LogP contribution in [0.4, 0.5) is 4.39 Å². The van der Waals surface area contributed by atoms with E-state index in [2.05, 4.69) is 32.2 Å². The second kappa shape index (κ2) is 6.31. The molecule has 1 atom stereocenters. The SMILES string of the molecule is CCNC(Cc1ccc(F)cc1)c1cc(C)c(C)s1. The fourth-order valence-corrected chi connectivity index (χ4v) is 3.27. The van der Waals surface area contributed by atoms with E-state index in [-0.39, 0.29) is 5.82 Å². The Morgan fingerprint density at radius 1 is 1.21 bits per heavy atom. The fourth-order valence-electron chi connectivity index (χ4n) is 2.15. The van der Waals surface area contributed by atoms with E-state index in [9.17, 15) is 4.39 Å². The summed E-state index contributed by atoms with van der Waals surface area (Å²) in [6.07, 6.45) is 0.896. The van der Waals surface area contributed by atoms with Crippen LogP contribution < -0.4 is 5.32 Å². The lowest BCUT2D eigenvalue weighted by Crippen LogP contribution is -2.22. The van der Waals surface area contributed by atoms with Gasteiger partial charge in [0.25, 0.3) is 0 Å². The maximum atomic E-state index is 12.9. The Hall–Kier alpha value is -1.19. The summed E-state index contributed by atoms with van der Waals surface area (Å²) in [5.74, 6) is -0.174. The monoisotopic (exact) mass is 277 g/mol. The van der Waals surface area contributed by atoms with Crippen molar-refractivity contribution in [3.05, 3.63) is 57.0 Å². The summed E-state index contributed by atoms with van der Waals surface area (Å²) in [4.78, 5) is 2.73. The molecule has 1 heterocycles. The molecule has 1 aromatic heterocycles. The minimum absolute atomic E-state index is 0.174. The zero-order valence-electron chi connectivity index (χ0n) is 11.7. The first kappa shape index (κ1) is 14.2. The molecule has 1 unspecified atom stereocenters. The number of hydrogen-bond acceptors (Lipinski definition) is 2. The van der Waals surface area contributed by atoms with Crippen LogP contribution in [0.1, 0.15) is 33.8 Å². The predicted octanol–water partition coefficient (Wildman–Crippen LogP) is 4.40. The van der Waals surface area contributed by atoms with E-state index in [0.717, 1.165) is 18.5 Å². The first-order valence-corrected chi connectivity index (χ1v) is 7.46. The van der Waals surface area contributed by atoms with Crippen LogP contribution in [0.2, 0.25) is 0 Å². The third-order valence-corrected chi connectivity index (χ3v) is 4.60. The van der Waals surface area contributed by atoms with Crippen molar-refractivity contribution in [1.29, 1.82) is 0 Å². The molecule has 102 valence electrons. The summed E-state index contributed by atoms with van der Waals surface area (Å²) in [7, 11) is 0. The summed E-state index contributed by atoms with van der Waals surface area (Å²) in [6, 6.07) is 9.37. The second-order valence-electron chi connectivity index (χ2n) is 4.83. The molecule has 0 aliphatic heterocycles. The zero-order valence-corrected chi connectivity index (χ0v) is 12.5. The highest BCUT2D eigenvalue weighted by Gasteiger charge is 2.14. The van der Waals surface area contributed by atoms with Crippen molar-refractivity contribution < 1.29 is 4.39 Å². The van der Waals surface area contributed by atoms with Gasteiger partial charge in [0.15, 0.2) is 0 Å². The third kappa shape index (κ3) is 3.64. The van der Waals surface area contributed by atoms with Crippen molar-refractivity contribution in [2.24, 2.45) is 0 Å². The Balaban J connectivity index is 2.18. The van der Waals surface area contributed by atoms with Crippen molar-refractivity contribution in [3.8, 4) is 0 Å². The lowest BCUT2D eigenvalue weighted by molar-refractivity contribution is 0.557. The molecule has 1 nitrogen and oxygen atoms in total.